The molecule has 34 heavy (non-hydrogen) atoms. The largest absolute Gasteiger partial charge is 0.337 e. The summed E-state index contributed by atoms with van der Waals surface area (Å²) in [5.74, 6) is 1.62. The number of hydrogen-bond donors (Lipinski definition) is 2. The molecule has 0 heterocycles. The molecule has 0 saturated heterocycles. The molecule has 0 bridgehead atoms. The standard InChI is InChI=1S/C23H36N6O5/c30-18-22(27-21-33)12-6-5-9-15-26-23(34)29(17-11-4-3-8-14-25-20-32)28-16-10-2-1-7-13-24-19-31/h28H,1-17H2,(H,26,34). The molecule has 0 aromatic heterocycles. The summed E-state index contributed by atoms with van der Waals surface area (Å²) in [5, 5.41) is 4.51. The molecular formula is C23H36N6O5. The van der Waals surface area contributed by atoms with E-state index in [-0.39, 0.29) is 11.7 Å². The molecule has 0 aliphatic heterocycles. The SMILES string of the molecule is O=C=NCCCCCCNN(CCCCCCN=C=O)C(=O)NCCCCCC(=C=O)N=C=O. The molecule has 0 rings (SSSR count). The van der Waals surface area contributed by atoms with Crippen LogP contribution in [0.15, 0.2) is 20.7 Å². The van der Waals surface area contributed by atoms with Gasteiger partial charge in [0, 0.05) is 26.1 Å². The predicted molar refractivity (Wildman–Crippen MR) is 127 cm³/mol. The minimum absolute atomic E-state index is 0.0591. The van der Waals surface area contributed by atoms with Gasteiger partial charge in [-0.25, -0.2) is 39.4 Å². The molecule has 0 fully saturated rings. The average molecular weight is 477 g/mol. The van der Waals surface area contributed by atoms with Crippen LogP contribution in [0.25, 0.3) is 0 Å². The first-order valence-electron chi connectivity index (χ1n) is 11.9. The van der Waals surface area contributed by atoms with Crippen LogP contribution in [-0.2, 0) is 19.2 Å². The summed E-state index contributed by atoms with van der Waals surface area (Å²) in [6.45, 7) is 2.70. The van der Waals surface area contributed by atoms with Crippen molar-refractivity contribution < 1.29 is 24.0 Å². The second kappa shape index (κ2) is 24.5. The summed E-state index contributed by atoms with van der Waals surface area (Å²) in [6, 6.07) is -0.190. The van der Waals surface area contributed by atoms with Crippen LogP contribution in [0.5, 0.6) is 0 Å². The Morgan fingerprint density at radius 2 is 1.26 bits per heavy atom. The Morgan fingerprint density at radius 1 is 0.676 bits per heavy atom. The Bertz CT molecular complexity index is 749. The molecule has 0 spiro atoms. The van der Waals surface area contributed by atoms with Gasteiger partial charge in [0.25, 0.3) is 0 Å². The van der Waals surface area contributed by atoms with Crippen LogP contribution in [0.4, 0.5) is 4.79 Å². The monoisotopic (exact) mass is 476 g/mol. The number of carbonyl (C=O) groups excluding carboxylic acids is 5. The van der Waals surface area contributed by atoms with E-state index >= 15 is 0 Å². The lowest BCUT2D eigenvalue weighted by molar-refractivity contribution is 0.167. The molecule has 0 atom stereocenters. The lowest BCUT2D eigenvalue weighted by Crippen LogP contribution is -2.49. The van der Waals surface area contributed by atoms with Gasteiger partial charge in [-0.15, -0.1) is 0 Å². The maximum Gasteiger partial charge on any atom is 0.331 e. The number of hydrogen-bond acceptors (Lipinski definition) is 9. The molecule has 11 heteroatoms. The van der Waals surface area contributed by atoms with Crippen LogP contribution in [0.2, 0.25) is 0 Å². The first-order valence-corrected chi connectivity index (χ1v) is 11.9. The first-order chi connectivity index (χ1) is 16.7. The number of isocyanates is 3. The molecule has 0 aliphatic carbocycles. The topological polar surface area (TPSA) is 150 Å². The van der Waals surface area contributed by atoms with Crippen molar-refractivity contribution in [2.75, 3.05) is 32.7 Å². The summed E-state index contributed by atoms with van der Waals surface area (Å²) in [5.41, 5.74) is 3.25. The smallest absolute Gasteiger partial charge is 0.331 e. The fraction of sp³-hybridized carbons (Fsp3) is 0.739. The lowest BCUT2D eigenvalue weighted by Gasteiger charge is -2.24. The Labute approximate surface area is 200 Å². The zero-order valence-corrected chi connectivity index (χ0v) is 19.9. The van der Waals surface area contributed by atoms with Crippen LogP contribution in [0.3, 0.4) is 0 Å². The number of rotatable bonds is 22. The summed E-state index contributed by atoms with van der Waals surface area (Å²) in [7, 11) is 0. The minimum Gasteiger partial charge on any atom is -0.337 e. The second-order valence-corrected chi connectivity index (χ2v) is 7.63. The number of unbranched alkanes of at least 4 members (excludes halogenated alkanes) is 8. The molecular weight excluding hydrogens is 440 g/mol. The first kappa shape index (κ1) is 30.8. The van der Waals surface area contributed by atoms with E-state index in [4.69, 9.17) is 0 Å². The van der Waals surface area contributed by atoms with E-state index in [2.05, 4.69) is 25.7 Å². The van der Waals surface area contributed by atoms with Gasteiger partial charge in [-0.05, 0) is 38.5 Å². The van der Waals surface area contributed by atoms with E-state index in [9.17, 15) is 24.0 Å². The van der Waals surface area contributed by atoms with Gasteiger partial charge in [0.2, 0.25) is 18.2 Å². The molecule has 2 amide bonds. The Balaban J connectivity index is 4.27. The van der Waals surface area contributed by atoms with Crippen LogP contribution in [-0.4, -0.2) is 67.9 Å². The van der Waals surface area contributed by atoms with E-state index in [1.54, 1.807) is 11.0 Å². The quantitative estimate of drug-likeness (QED) is 0.0806. The van der Waals surface area contributed by atoms with Crippen molar-refractivity contribution >= 4 is 30.2 Å². The summed E-state index contributed by atoms with van der Waals surface area (Å²) in [6.07, 6.45) is 14.1. The summed E-state index contributed by atoms with van der Waals surface area (Å²) < 4.78 is 0. The number of urea groups is 1. The molecule has 0 aliphatic rings. The third-order valence-electron chi connectivity index (χ3n) is 4.94. The highest BCUT2D eigenvalue weighted by atomic mass is 16.2. The Morgan fingerprint density at radius 3 is 1.88 bits per heavy atom. The summed E-state index contributed by atoms with van der Waals surface area (Å²) in [4.78, 5) is 63.8. The van der Waals surface area contributed by atoms with Crippen molar-refractivity contribution in [3.05, 3.63) is 5.70 Å². The Kier molecular flexibility index (Phi) is 22.2. The van der Waals surface area contributed by atoms with Gasteiger partial charge in [0.1, 0.15) is 11.6 Å². The van der Waals surface area contributed by atoms with Gasteiger partial charge in [-0.3, -0.25) is 5.01 Å². The van der Waals surface area contributed by atoms with E-state index in [0.717, 1.165) is 64.2 Å². The van der Waals surface area contributed by atoms with E-state index < -0.39 is 0 Å². The van der Waals surface area contributed by atoms with Gasteiger partial charge in [0.15, 0.2) is 0 Å². The molecule has 0 unspecified atom stereocenters. The third kappa shape index (κ3) is 19.5. The van der Waals surface area contributed by atoms with Gasteiger partial charge < -0.3 is 5.32 Å². The Hall–Kier alpha value is -3.18. The zero-order valence-electron chi connectivity index (χ0n) is 19.9. The number of aliphatic imine (C=N–C) groups is 3. The van der Waals surface area contributed by atoms with Crippen LogP contribution >= 0.6 is 0 Å². The van der Waals surface area contributed by atoms with E-state index in [0.29, 0.717) is 45.6 Å². The van der Waals surface area contributed by atoms with Gasteiger partial charge in [-0.1, -0.05) is 32.1 Å². The number of hydrazine groups is 1. The van der Waals surface area contributed by atoms with Crippen molar-refractivity contribution in [1.82, 2.24) is 15.8 Å². The normalized spacial score (nSPS) is 9.65. The predicted octanol–water partition coefficient (Wildman–Crippen LogP) is 2.91. The zero-order chi connectivity index (χ0) is 25.1. The lowest BCUT2D eigenvalue weighted by atomic mass is 10.1. The second-order valence-electron chi connectivity index (χ2n) is 7.63. The maximum absolute atomic E-state index is 12.6. The third-order valence-corrected chi connectivity index (χ3v) is 4.94. The van der Waals surface area contributed by atoms with Gasteiger partial charge >= 0.3 is 6.03 Å². The van der Waals surface area contributed by atoms with Gasteiger partial charge in [0.05, 0.1) is 13.1 Å². The highest BCUT2D eigenvalue weighted by Gasteiger charge is 2.12. The number of amides is 2. The molecule has 2 N–H and O–H groups in total. The number of nitrogens with one attached hydrogen (secondary N) is 2. The van der Waals surface area contributed by atoms with E-state index in [1.807, 2.05) is 0 Å². The maximum atomic E-state index is 12.6. The fourth-order valence-corrected chi connectivity index (χ4v) is 3.11. The molecule has 11 nitrogen and oxygen atoms in total. The van der Waals surface area contributed by atoms with E-state index in [1.165, 1.54) is 18.2 Å². The molecule has 188 valence electrons. The minimum atomic E-state index is -0.190. The molecule has 0 aromatic rings. The number of nitrogens with zero attached hydrogens (tertiary/aromatic N) is 4. The number of allylic oxidation sites excluding steroid dienone is 1. The fourth-order valence-electron chi connectivity index (χ4n) is 3.11. The highest BCUT2D eigenvalue weighted by molar-refractivity contribution is 5.73. The van der Waals surface area contributed by atoms with Crippen LogP contribution in [0.1, 0.15) is 77.0 Å². The number of carbonyl (C=O) groups is 1. The average Bonchev–Trinajstić information content (AvgIpc) is 2.84. The van der Waals surface area contributed by atoms with Crippen molar-refractivity contribution in [1.29, 1.82) is 0 Å². The van der Waals surface area contributed by atoms with Crippen molar-refractivity contribution in [2.24, 2.45) is 15.0 Å². The van der Waals surface area contributed by atoms with Crippen molar-refractivity contribution in [3.8, 4) is 0 Å². The highest BCUT2D eigenvalue weighted by Crippen LogP contribution is 2.07. The molecule has 0 saturated carbocycles. The van der Waals surface area contributed by atoms with Crippen LogP contribution < -0.4 is 10.7 Å². The van der Waals surface area contributed by atoms with Gasteiger partial charge in [-0.2, -0.15) is 4.99 Å². The summed E-state index contributed by atoms with van der Waals surface area (Å²) >= 11 is 0. The molecule has 0 radical (unpaired) electrons. The van der Waals surface area contributed by atoms with Crippen molar-refractivity contribution in [3.63, 3.8) is 0 Å². The van der Waals surface area contributed by atoms with Crippen LogP contribution in [0, 0.1) is 0 Å². The molecule has 0 aromatic carbocycles. The van der Waals surface area contributed by atoms with Crippen molar-refractivity contribution in [2.45, 2.75) is 77.0 Å².